The standard InChI is InChI=1S/C14H23NO2/c1-5-12(9-16)15-11(3)13-7-6-10(2)8-14(13)17-4/h6-8,11-12,15-16H,5,9H2,1-4H3. The van der Waals surface area contributed by atoms with Crippen LogP contribution in [0.4, 0.5) is 0 Å². The molecule has 17 heavy (non-hydrogen) atoms. The molecule has 1 aromatic rings. The van der Waals surface area contributed by atoms with Crippen LogP contribution in [0.1, 0.15) is 37.4 Å². The third-order valence-corrected chi connectivity index (χ3v) is 3.05. The molecular weight excluding hydrogens is 214 g/mol. The van der Waals surface area contributed by atoms with Gasteiger partial charge in [0, 0.05) is 17.6 Å². The Hall–Kier alpha value is -1.06. The van der Waals surface area contributed by atoms with E-state index in [9.17, 15) is 5.11 Å². The number of rotatable bonds is 6. The van der Waals surface area contributed by atoms with Crippen molar-refractivity contribution < 1.29 is 9.84 Å². The molecule has 0 aromatic heterocycles. The van der Waals surface area contributed by atoms with E-state index in [4.69, 9.17) is 4.74 Å². The first-order valence-corrected chi connectivity index (χ1v) is 6.13. The SMILES string of the molecule is CCC(CO)NC(C)c1ccc(C)cc1OC. The first kappa shape index (κ1) is 14.0. The Kier molecular flexibility index (Phi) is 5.45. The Morgan fingerprint density at radius 1 is 1.41 bits per heavy atom. The van der Waals surface area contributed by atoms with Gasteiger partial charge in [0.15, 0.2) is 0 Å². The maximum atomic E-state index is 9.20. The van der Waals surface area contributed by atoms with Crippen LogP contribution in [0.2, 0.25) is 0 Å². The molecule has 0 saturated heterocycles. The minimum atomic E-state index is 0.135. The van der Waals surface area contributed by atoms with Crippen LogP contribution in [0.5, 0.6) is 5.75 Å². The van der Waals surface area contributed by atoms with Gasteiger partial charge in [0.2, 0.25) is 0 Å². The second-order valence-corrected chi connectivity index (χ2v) is 4.42. The van der Waals surface area contributed by atoms with E-state index >= 15 is 0 Å². The molecule has 1 aromatic carbocycles. The lowest BCUT2D eigenvalue weighted by Crippen LogP contribution is -2.34. The molecule has 0 saturated carbocycles. The number of ether oxygens (including phenoxy) is 1. The molecule has 0 spiro atoms. The molecule has 0 radical (unpaired) electrons. The van der Waals surface area contributed by atoms with Gasteiger partial charge in [0.05, 0.1) is 13.7 Å². The van der Waals surface area contributed by atoms with Gasteiger partial charge in [-0.25, -0.2) is 0 Å². The van der Waals surface area contributed by atoms with E-state index in [1.54, 1.807) is 7.11 Å². The van der Waals surface area contributed by atoms with Gasteiger partial charge in [0.1, 0.15) is 5.75 Å². The third kappa shape index (κ3) is 3.72. The normalized spacial score (nSPS) is 14.4. The molecular formula is C14H23NO2. The van der Waals surface area contributed by atoms with Crippen molar-refractivity contribution >= 4 is 0 Å². The average molecular weight is 237 g/mol. The molecule has 0 fully saturated rings. The zero-order valence-corrected chi connectivity index (χ0v) is 11.2. The van der Waals surface area contributed by atoms with Gasteiger partial charge in [0.25, 0.3) is 0 Å². The van der Waals surface area contributed by atoms with Crippen molar-refractivity contribution in [2.75, 3.05) is 13.7 Å². The number of hydrogen-bond acceptors (Lipinski definition) is 3. The van der Waals surface area contributed by atoms with Crippen molar-refractivity contribution in [1.29, 1.82) is 0 Å². The molecule has 2 atom stereocenters. The molecule has 0 amide bonds. The van der Waals surface area contributed by atoms with Crippen LogP contribution in [0.15, 0.2) is 18.2 Å². The molecule has 3 heteroatoms. The monoisotopic (exact) mass is 237 g/mol. The fraction of sp³-hybridized carbons (Fsp3) is 0.571. The van der Waals surface area contributed by atoms with Crippen LogP contribution in [-0.2, 0) is 0 Å². The van der Waals surface area contributed by atoms with Crippen LogP contribution < -0.4 is 10.1 Å². The highest BCUT2D eigenvalue weighted by Gasteiger charge is 2.14. The van der Waals surface area contributed by atoms with E-state index in [-0.39, 0.29) is 18.7 Å². The smallest absolute Gasteiger partial charge is 0.123 e. The Balaban J connectivity index is 2.84. The Labute approximate surface area is 104 Å². The molecule has 96 valence electrons. The topological polar surface area (TPSA) is 41.5 Å². The van der Waals surface area contributed by atoms with Gasteiger partial charge < -0.3 is 15.2 Å². The van der Waals surface area contributed by atoms with Crippen LogP contribution in [0, 0.1) is 6.92 Å². The Morgan fingerprint density at radius 2 is 2.12 bits per heavy atom. The lowest BCUT2D eigenvalue weighted by Gasteiger charge is -2.22. The van der Waals surface area contributed by atoms with E-state index < -0.39 is 0 Å². The molecule has 0 aliphatic carbocycles. The predicted octanol–water partition coefficient (Wildman–Crippen LogP) is 2.43. The first-order chi connectivity index (χ1) is 8.12. The zero-order chi connectivity index (χ0) is 12.8. The predicted molar refractivity (Wildman–Crippen MR) is 70.4 cm³/mol. The lowest BCUT2D eigenvalue weighted by molar-refractivity contribution is 0.229. The average Bonchev–Trinajstić information content (AvgIpc) is 2.35. The fourth-order valence-corrected chi connectivity index (χ4v) is 1.92. The van der Waals surface area contributed by atoms with Crippen LogP contribution in [0.3, 0.4) is 0 Å². The summed E-state index contributed by atoms with van der Waals surface area (Å²) in [4.78, 5) is 0. The summed E-state index contributed by atoms with van der Waals surface area (Å²) in [6.45, 7) is 6.36. The number of aliphatic hydroxyl groups excluding tert-OH is 1. The largest absolute Gasteiger partial charge is 0.496 e. The molecule has 0 bridgehead atoms. The van der Waals surface area contributed by atoms with E-state index in [1.807, 2.05) is 13.0 Å². The summed E-state index contributed by atoms with van der Waals surface area (Å²) in [6, 6.07) is 6.50. The van der Waals surface area contributed by atoms with Gasteiger partial charge in [-0.3, -0.25) is 0 Å². The molecule has 0 aliphatic heterocycles. The maximum Gasteiger partial charge on any atom is 0.123 e. The summed E-state index contributed by atoms with van der Waals surface area (Å²) in [5.41, 5.74) is 2.32. The van der Waals surface area contributed by atoms with Crippen LogP contribution in [0.25, 0.3) is 0 Å². The summed E-state index contributed by atoms with van der Waals surface area (Å²) < 4.78 is 5.39. The molecule has 1 rings (SSSR count). The summed E-state index contributed by atoms with van der Waals surface area (Å²) >= 11 is 0. The van der Waals surface area contributed by atoms with Crippen LogP contribution >= 0.6 is 0 Å². The maximum absolute atomic E-state index is 9.20. The highest BCUT2D eigenvalue weighted by molar-refractivity contribution is 5.39. The first-order valence-electron chi connectivity index (χ1n) is 6.13. The van der Waals surface area contributed by atoms with Crippen molar-refractivity contribution in [3.63, 3.8) is 0 Å². The Morgan fingerprint density at radius 3 is 2.65 bits per heavy atom. The Bertz CT molecular complexity index is 348. The quantitative estimate of drug-likeness (QED) is 0.798. The molecule has 2 N–H and O–H groups in total. The molecule has 0 heterocycles. The van der Waals surface area contributed by atoms with Crippen molar-refractivity contribution in [2.45, 2.75) is 39.3 Å². The summed E-state index contributed by atoms with van der Waals surface area (Å²) in [5, 5.41) is 12.6. The molecule has 2 unspecified atom stereocenters. The fourth-order valence-electron chi connectivity index (χ4n) is 1.92. The zero-order valence-electron chi connectivity index (χ0n) is 11.2. The number of aliphatic hydroxyl groups is 1. The highest BCUT2D eigenvalue weighted by atomic mass is 16.5. The van der Waals surface area contributed by atoms with Crippen molar-refractivity contribution in [3.8, 4) is 5.75 Å². The third-order valence-electron chi connectivity index (χ3n) is 3.05. The minimum Gasteiger partial charge on any atom is -0.496 e. The molecule has 0 aliphatic rings. The van der Waals surface area contributed by atoms with E-state index in [0.29, 0.717) is 0 Å². The van der Waals surface area contributed by atoms with Gasteiger partial charge >= 0.3 is 0 Å². The van der Waals surface area contributed by atoms with E-state index in [0.717, 1.165) is 17.7 Å². The number of nitrogens with one attached hydrogen (secondary N) is 1. The van der Waals surface area contributed by atoms with Gasteiger partial charge in [-0.15, -0.1) is 0 Å². The number of methoxy groups -OCH3 is 1. The van der Waals surface area contributed by atoms with Gasteiger partial charge in [-0.05, 0) is 31.9 Å². The van der Waals surface area contributed by atoms with Crippen molar-refractivity contribution in [3.05, 3.63) is 29.3 Å². The molecule has 3 nitrogen and oxygen atoms in total. The van der Waals surface area contributed by atoms with E-state index in [2.05, 4.69) is 31.3 Å². The number of hydrogen-bond donors (Lipinski definition) is 2. The van der Waals surface area contributed by atoms with Gasteiger partial charge in [-0.2, -0.15) is 0 Å². The lowest BCUT2D eigenvalue weighted by atomic mass is 10.0. The second kappa shape index (κ2) is 6.62. The summed E-state index contributed by atoms with van der Waals surface area (Å²) in [5.74, 6) is 0.901. The second-order valence-electron chi connectivity index (χ2n) is 4.42. The van der Waals surface area contributed by atoms with Crippen LogP contribution in [-0.4, -0.2) is 24.9 Å². The minimum absolute atomic E-state index is 0.135. The summed E-state index contributed by atoms with van der Waals surface area (Å²) in [7, 11) is 1.69. The number of aryl methyl sites for hydroxylation is 1. The summed E-state index contributed by atoms with van der Waals surface area (Å²) in [6.07, 6.45) is 0.912. The highest BCUT2D eigenvalue weighted by Crippen LogP contribution is 2.26. The van der Waals surface area contributed by atoms with Crippen molar-refractivity contribution in [2.24, 2.45) is 0 Å². The van der Waals surface area contributed by atoms with E-state index in [1.165, 1.54) is 5.56 Å². The number of benzene rings is 1. The van der Waals surface area contributed by atoms with Gasteiger partial charge in [-0.1, -0.05) is 19.1 Å². The van der Waals surface area contributed by atoms with Crippen molar-refractivity contribution in [1.82, 2.24) is 5.32 Å².